The number of carbonyl (C=O) groups excluding carboxylic acids is 1. The Morgan fingerprint density at radius 3 is 2.62 bits per heavy atom. The Hall–Kier alpha value is -2.67. The predicted molar refractivity (Wildman–Crippen MR) is 90.8 cm³/mol. The molecule has 0 N–H and O–H groups in total. The first-order valence-electron chi connectivity index (χ1n) is 7.45. The molecule has 3 rings (SSSR count). The van der Waals surface area contributed by atoms with Crippen LogP contribution in [0.3, 0.4) is 0 Å². The van der Waals surface area contributed by atoms with Crippen LogP contribution >= 0.6 is 11.8 Å². The number of hydrogen-bond donors (Lipinski definition) is 0. The highest BCUT2D eigenvalue weighted by atomic mass is 32.2. The molecule has 0 unspecified atom stereocenters. The van der Waals surface area contributed by atoms with Gasteiger partial charge in [0.25, 0.3) is 0 Å². The predicted octanol–water partition coefficient (Wildman–Crippen LogP) is 3.21. The molecular weight excluding hydrogens is 324 g/mol. The average Bonchev–Trinajstić information content (AvgIpc) is 2.97. The minimum Gasteiger partial charge on any atom is -0.462 e. The quantitative estimate of drug-likeness (QED) is 0.664. The first-order chi connectivity index (χ1) is 11.7. The Labute approximate surface area is 143 Å². The number of rotatable bonds is 5. The summed E-state index contributed by atoms with van der Waals surface area (Å²) in [7, 11) is 1.91. The van der Waals surface area contributed by atoms with E-state index >= 15 is 0 Å². The maximum atomic E-state index is 11.6. The van der Waals surface area contributed by atoms with Crippen LogP contribution in [0.4, 0.5) is 0 Å². The molecule has 122 valence electrons. The summed E-state index contributed by atoms with van der Waals surface area (Å²) in [5, 5.41) is 9.92. The largest absolute Gasteiger partial charge is 0.462 e. The number of hydrogen-bond acceptors (Lipinski definition) is 6. The normalized spacial score (nSPS) is 10.6. The molecule has 0 aliphatic rings. The van der Waals surface area contributed by atoms with E-state index in [0.717, 1.165) is 21.6 Å². The van der Waals surface area contributed by atoms with Crippen molar-refractivity contribution < 1.29 is 9.53 Å². The van der Waals surface area contributed by atoms with Crippen LogP contribution in [0, 0.1) is 0 Å². The molecule has 7 heteroatoms. The van der Waals surface area contributed by atoms with Gasteiger partial charge < -0.3 is 9.30 Å². The number of pyridine rings is 1. The second-order valence-electron chi connectivity index (χ2n) is 4.94. The summed E-state index contributed by atoms with van der Waals surface area (Å²) >= 11 is 1.39. The van der Waals surface area contributed by atoms with E-state index in [-0.39, 0.29) is 5.97 Å². The Bertz CT molecular complexity index is 832. The molecule has 0 aliphatic heterocycles. The van der Waals surface area contributed by atoms with Gasteiger partial charge >= 0.3 is 5.97 Å². The molecule has 0 aliphatic carbocycles. The topological polar surface area (TPSA) is 69.9 Å². The van der Waals surface area contributed by atoms with E-state index in [4.69, 9.17) is 4.74 Å². The number of carbonyl (C=O) groups is 1. The maximum Gasteiger partial charge on any atom is 0.339 e. The van der Waals surface area contributed by atoms with Crippen LogP contribution < -0.4 is 0 Å². The van der Waals surface area contributed by atoms with Crippen LogP contribution in [-0.2, 0) is 11.8 Å². The van der Waals surface area contributed by atoms with Gasteiger partial charge in [-0.1, -0.05) is 30.3 Å². The summed E-state index contributed by atoms with van der Waals surface area (Å²) in [5.41, 5.74) is 1.44. The van der Waals surface area contributed by atoms with Crippen molar-refractivity contribution >= 4 is 17.7 Å². The van der Waals surface area contributed by atoms with Crippen molar-refractivity contribution in [2.45, 2.75) is 17.1 Å². The average molecular weight is 340 g/mol. The third-order valence-electron chi connectivity index (χ3n) is 3.31. The van der Waals surface area contributed by atoms with Gasteiger partial charge in [0.2, 0.25) is 0 Å². The van der Waals surface area contributed by atoms with E-state index < -0.39 is 0 Å². The van der Waals surface area contributed by atoms with Crippen LogP contribution in [0.25, 0.3) is 11.4 Å². The number of benzene rings is 1. The van der Waals surface area contributed by atoms with Crippen LogP contribution in [0.1, 0.15) is 17.3 Å². The molecule has 6 nitrogen and oxygen atoms in total. The van der Waals surface area contributed by atoms with Crippen LogP contribution in [-0.4, -0.2) is 32.3 Å². The Morgan fingerprint density at radius 1 is 1.17 bits per heavy atom. The molecule has 2 aromatic heterocycles. The molecule has 0 bridgehead atoms. The van der Waals surface area contributed by atoms with Gasteiger partial charge in [-0.25, -0.2) is 9.78 Å². The number of ether oxygens (including phenoxy) is 1. The van der Waals surface area contributed by atoms with Crippen molar-refractivity contribution in [3.8, 4) is 11.4 Å². The van der Waals surface area contributed by atoms with E-state index in [0.29, 0.717) is 12.2 Å². The summed E-state index contributed by atoms with van der Waals surface area (Å²) in [4.78, 5) is 15.9. The van der Waals surface area contributed by atoms with Crippen molar-refractivity contribution in [3.05, 3.63) is 54.2 Å². The lowest BCUT2D eigenvalue weighted by Gasteiger charge is -2.04. The summed E-state index contributed by atoms with van der Waals surface area (Å²) in [5.74, 6) is 0.424. The zero-order chi connectivity index (χ0) is 16.9. The van der Waals surface area contributed by atoms with Crippen molar-refractivity contribution in [1.82, 2.24) is 19.7 Å². The number of esters is 1. The number of aromatic nitrogens is 4. The molecule has 1 aromatic carbocycles. The highest BCUT2D eigenvalue weighted by Crippen LogP contribution is 2.27. The van der Waals surface area contributed by atoms with Gasteiger partial charge in [-0.15, -0.1) is 10.2 Å². The lowest BCUT2D eigenvalue weighted by molar-refractivity contribution is 0.0525. The third-order valence-corrected chi connectivity index (χ3v) is 4.30. The van der Waals surface area contributed by atoms with Crippen LogP contribution in [0.2, 0.25) is 0 Å². The molecule has 0 amide bonds. The van der Waals surface area contributed by atoms with Gasteiger partial charge in [0.15, 0.2) is 11.0 Å². The van der Waals surface area contributed by atoms with Crippen molar-refractivity contribution in [2.75, 3.05) is 6.61 Å². The first kappa shape index (κ1) is 16.2. The lowest BCUT2D eigenvalue weighted by atomic mass is 10.2. The standard InChI is InChI=1S/C17H16N4O2S/c1-3-23-16(22)13-9-10-14(18-11-13)24-17-20-19-15(21(17)2)12-7-5-4-6-8-12/h4-11H,3H2,1-2H3. The zero-order valence-corrected chi connectivity index (χ0v) is 14.2. The molecule has 3 aromatic rings. The highest BCUT2D eigenvalue weighted by Gasteiger charge is 2.13. The van der Waals surface area contributed by atoms with Crippen LogP contribution in [0.15, 0.2) is 58.8 Å². The van der Waals surface area contributed by atoms with E-state index in [2.05, 4.69) is 15.2 Å². The molecule has 0 fully saturated rings. The maximum absolute atomic E-state index is 11.6. The monoisotopic (exact) mass is 340 g/mol. The molecule has 0 saturated heterocycles. The van der Waals surface area contributed by atoms with E-state index in [1.54, 1.807) is 19.1 Å². The summed E-state index contributed by atoms with van der Waals surface area (Å²) in [6.45, 7) is 2.12. The minimum atomic E-state index is -0.369. The molecule has 2 heterocycles. The SMILES string of the molecule is CCOC(=O)c1ccc(Sc2nnc(-c3ccccc3)n2C)nc1. The zero-order valence-electron chi connectivity index (χ0n) is 13.3. The molecule has 0 atom stereocenters. The van der Waals surface area contributed by atoms with E-state index in [1.807, 2.05) is 41.9 Å². The molecule has 24 heavy (non-hydrogen) atoms. The summed E-state index contributed by atoms with van der Waals surface area (Å²) in [6, 6.07) is 13.3. The molecule has 0 saturated carbocycles. The van der Waals surface area contributed by atoms with Crippen molar-refractivity contribution in [3.63, 3.8) is 0 Å². The Balaban J connectivity index is 1.77. The Morgan fingerprint density at radius 2 is 1.96 bits per heavy atom. The minimum absolute atomic E-state index is 0.344. The fourth-order valence-corrected chi connectivity index (χ4v) is 2.85. The molecular formula is C17H16N4O2S. The van der Waals surface area contributed by atoms with Gasteiger partial charge in [0.05, 0.1) is 12.2 Å². The van der Waals surface area contributed by atoms with E-state index in [9.17, 15) is 4.79 Å². The number of nitrogens with zero attached hydrogens (tertiary/aromatic N) is 4. The summed E-state index contributed by atoms with van der Waals surface area (Å²) < 4.78 is 6.86. The van der Waals surface area contributed by atoms with Crippen molar-refractivity contribution in [2.24, 2.45) is 7.05 Å². The summed E-state index contributed by atoms with van der Waals surface area (Å²) in [6.07, 6.45) is 1.51. The first-order valence-corrected chi connectivity index (χ1v) is 8.26. The highest BCUT2D eigenvalue weighted by molar-refractivity contribution is 7.99. The second kappa shape index (κ2) is 7.27. The fraction of sp³-hybridized carbons (Fsp3) is 0.176. The smallest absolute Gasteiger partial charge is 0.339 e. The Kier molecular flexibility index (Phi) is 4.90. The molecule has 0 radical (unpaired) electrons. The molecule has 0 spiro atoms. The second-order valence-corrected chi connectivity index (χ2v) is 5.93. The van der Waals surface area contributed by atoms with Crippen LogP contribution in [0.5, 0.6) is 0 Å². The lowest BCUT2D eigenvalue weighted by Crippen LogP contribution is -2.04. The van der Waals surface area contributed by atoms with Gasteiger partial charge in [0, 0.05) is 18.8 Å². The van der Waals surface area contributed by atoms with Gasteiger partial charge in [-0.2, -0.15) is 0 Å². The fourth-order valence-electron chi connectivity index (χ4n) is 2.11. The van der Waals surface area contributed by atoms with Crippen molar-refractivity contribution in [1.29, 1.82) is 0 Å². The van der Waals surface area contributed by atoms with E-state index in [1.165, 1.54) is 18.0 Å². The van der Waals surface area contributed by atoms with Gasteiger partial charge in [-0.3, -0.25) is 0 Å². The van der Waals surface area contributed by atoms with Gasteiger partial charge in [0.1, 0.15) is 5.03 Å². The van der Waals surface area contributed by atoms with Gasteiger partial charge in [-0.05, 0) is 30.8 Å². The third kappa shape index (κ3) is 3.46.